The van der Waals surface area contributed by atoms with E-state index in [1.54, 1.807) is 15.9 Å². The van der Waals surface area contributed by atoms with Crippen LogP contribution in [-0.4, -0.2) is 83.4 Å². The first kappa shape index (κ1) is 23.9. The molecule has 0 N–H and O–H groups in total. The van der Waals surface area contributed by atoms with Crippen LogP contribution in [0, 0.1) is 0 Å². The summed E-state index contributed by atoms with van der Waals surface area (Å²) in [6, 6.07) is 4.51. The molecule has 2 saturated heterocycles. The van der Waals surface area contributed by atoms with Crippen molar-refractivity contribution in [1.29, 1.82) is 0 Å². The van der Waals surface area contributed by atoms with Crippen LogP contribution in [0.15, 0.2) is 36.7 Å². The Morgan fingerprint density at radius 3 is 2.39 bits per heavy atom. The van der Waals surface area contributed by atoms with Gasteiger partial charge >= 0.3 is 12.3 Å². The summed E-state index contributed by atoms with van der Waals surface area (Å²) in [5, 5.41) is 0. The SMILES string of the molecule is O=C(/C=C/c1ccc2c(c1)OC(F)(F)O2)N1CCN(C(=O)c2cnc(OC3CCOCC3)nc2)CC1. The smallest absolute Gasteiger partial charge is 0.460 e. The number of amides is 2. The number of piperazine rings is 1. The van der Waals surface area contributed by atoms with Gasteiger partial charge < -0.3 is 28.7 Å². The van der Waals surface area contributed by atoms with Crippen LogP contribution < -0.4 is 14.2 Å². The van der Waals surface area contributed by atoms with Crippen molar-refractivity contribution in [3.8, 4) is 17.5 Å². The highest BCUT2D eigenvalue weighted by molar-refractivity contribution is 5.94. The molecule has 0 bridgehead atoms. The summed E-state index contributed by atoms with van der Waals surface area (Å²) in [4.78, 5) is 37.0. The van der Waals surface area contributed by atoms with E-state index in [0.717, 1.165) is 12.8 Å². The van der Waals surface area contributed by atoms with Gasteiger partial charge in [-0.05, 0) is 23.8 Å². The molecule has 12 heteroatoms. The first-order chi connectivity index (χ1) is 17.4. The highest BCUT2D eigenvalue weighted by Gasteiger charge is 2.43. The quantitative estimate of drug-likeness (QED) is 0.575. The number of rotatable bonds is 5. The molecule has 1 aromatic carbocycles. The van der Waals surface area contributed by atoms with Gasteiger partial charge in [-0.25, -0.2) is 9.97 Å². The molecule has 1 aromatic heterocycles. The molecule has 0 aliphatic carbocycles. The molecule has 2 fully saturated rings. The molecule has 2 aromatic rings. The van der Waals surface area contributed by atoms with Crippen LogP contribution in [0.1, 0.15) is 28.8 Å². The number of hydrogen-bond acceptors (Lipinski definition) is 8. The van der Waals surface area contributed by atoms with E-state index in [-0.39, 0.29) is 35.4 Å². The third kappa shape index (κ3) is 5.54. The van der Waals surface area contributed by atoms with Gasteiger partial charge in [-0.1, -0.05) is 6.07 Å². The normalized spacial score (nSPS) is 19.5. The molecule has 4 heterocycles. The summed E-state index contributed by atoms with van der Waals surface area (Å²) in [5.74, 6) is -0.611. The first-order valence-electron chi connectivity index (χ1n) is 11.6. The van der Waals surface area contributed by atoms with E-state index in [9.17, 15) is 18.4 Å². The Balaban J connectivity index is 1.11. The molecule has 3 aliphatic heterocycles. The van der Waals surface area contributed by atoms with Crippen molar-refractivity contribution in [1.82, 2.24) is 19.8 Å². The van der Waals surface area contributed by atoms with Gasteiger partial charge in [0.05, 0.1) is 18.8 Å². The van der Waals surface area contributed by atoms with Crippen molar-refractivity contribution < 1.29 is 37.3 Å². The zero-order valence-electron chi connectivity index (χ0n) is 19.3. The Kier molecular flexibility index (Phi) is 6.68. The van der Waals surface area contributed by atoms with Crippen LogP contribution in [-0.2, 0) is 9.53 Å². The number of alkyl halides is 2. The molecule has 0 unspecified atom stereocenters. The van der Waals surface area contributed by atoms with Gasteiger partial charge in [0.25, 0.3) is 5.91 Å². The molecular weight excluding hydrogens is 478 g/mol. The lowest BCUT2D eigenvalue weighted by Gasteiger charge is -2.34. The fraction of sp³-hybridized carbons (Fsp3) is 0.417. The molecule has 0 radical (unpaired) electrons. The van der Waals surface area contributed by atoms with E-state index in [2.05, 4.69) is 19.4 Å². The number of fused-ring (bicyclic) bond motifs is 1. The minimum atomic E-state index is -3.69. The van der Waals surface area contributed by atoms with Crippen molar-refractivity contribution in [2.45, 2.75) is 25.2 Å². The number of hydrogen-bond donors (Lipinski definition) is 0. The number of halogens is 2. The van der Waals surface area contributed by atoms with Gasteiger partial charge in [-0.15, -0.1) is 8.78 Å². The van der Waals surface area contributed by atoms with Crippen LogP contribution in [0.5, 0.6) is 17.5 Å². The van der Waals surface area contributed by atoms with Crippen LogP contribution in [0.2, 0.25) is 0 Å². The van der Waals surface area contributed by atoms with Gasteiger partial charge in [0, 0.05) is 57.5 Å². The molecular formula is C24H24F2N4O6. The topological polar surface area (TPSA) is 103 Å². The van der Waals surface area contributed by atoms with Gasteiger partial charge in [-0.2, -0.15) is 0 Å². The van der Waals surface area contributed by atoms with Crippen LogP contribution in [0.25, 0.3) is 6.08 Å². The van der Waals surface area contributed by atoms with Crippen LogP contribution >= 0.6 is 0 Å². The van der Waals surface area contributed by atoms with E-state index >= 15 is 0 Å². The number of benzene rings is 1. The maximum absolute atomic E-state index is 13.2. The molecule has 2 amide bonds. The number of carbonyl (C=O) groups is 2. The molecule has 5 rings (SSSR count). The highest BCUT2D eigenvalue weighted by Crippen LogP contribution is 2.41. The van der Waals surface area contributed by atoms with Gasteiger partial charge in [0.1, 0.15) is 6.10 Å². The number of aromatic nitrogens is 2. The third-order valence-electron chi connectivity index (χ3n) is 6.04. The second-order valence-electron chi connectivity index (χ2n) is 8.51. The summed E-state index contributed by atoms with van der Waals surface area (Å²) < 4.78 is 46.1. The lowest BCUT2D eigenvalue weighted by atomic mass is 10.2. The largest absolute Gasteiger partial charge is 0.586 e. The predicted octanol–water partition coefficient (Wildman–Crippen LogP) is 2.35. The highest BCUT2D eigenvalue weighted by atomic mass is 19.3. The van der Waals surface area contributed by atoms with Crippen LogP contribution in [0.3, 0.4) is 0 Å². The second-order valence-corrected chi connectivity index (χ2v) is 8.51. The Morgan fingerprint density at radius 1 is 1.00 bits per heavy atom. The van der Waals surface area contributed by atoms with E-state index < -0.39 is 6.29 Å². The Labute approximate surface area is 205 Å². The molecule has 36 heavy (non-hydrogen) atoms. The van der Waals surface area contributed by atoms with E-state index in [4.69, 9.17) is 9.47 Å². The average molecular weight is 502 g/mol. The van der Waals surface area contributed by atoms with Gasteiger partial charge in [0.15, 0.2) is 11.5 Å². The summed E-state index contributed by atoms with van der Waals surface area (Å²) in [5.41, 5.74) is 0.865. The average Bonchev–Trinajstić information content (AvgIpc) is 3.21. The van der Waals surface area contributed by atoms with Crippen molar-refractivity contribution in [2.24, 2.45) is 0 Å². The lowest BCUT2D eigenvalue weighted by Crippen LogP contribution is -2.50. The maximum Gasteiger partial charge on any atom is 0.586 e. The Morgan fingerprint density at radius 2 is 1.67 bits per heavy atom. The van der Waals surface area contributed by atoms with E-state index in [1.807, 2.05) is 0 Å². The molecule has 0 atom stereocenters. The van der Waals surface area contributed by atoms with E-state index in [1.165, 1.54) is 36.7 Å². The first-order valence-corrected chi connectivity index (χ1v) is 11.6. The fourth-order valence-electron chi connectivity index (χ4n) is 4.09. The Bertz CT molecular complexity index is 1150. The monoisotopic (exact) mass is 502 g/mol. The predicted molar refractivity (Wildman–Crippen MR) is 121 cm³/mol. The third-order valence-corrected chi connectivity index (χ3v) is 6.04. The zero-order valence-corrected chi connectivity index (χ0v) is 19.3. The summed E-state index contributed by atoms with van der Waals surface area (Å²) in [6.07, 6.45) is 3.64. The van der Waals surface area contributed by atoms with Crippen molar-refractivity contribution in [3.63, 3.8) is 0 Å². The number of carbonyl (C=O) groups excluding carboxylic acids is 2. The van der Waals surface area contributed by atoms with Crippen molar-refractivity contribution in [3.05, 3.63) is 47.8 Å². The number of nitrogens with zero attached hydrogens (tertiary/aromatic N) is 4. The van der Waals surface area contributed by atoms with Gasteiger partial charge in [-0.3, -0.25) is 9.59 Å². The lowest BCUT2D eigenvalue weighted by molar-refractivity contribution is -0.286. The summed E-state index contributed by atoms with van der Waals surface area (Å²) >= 11 is 0. The molecule has 0 spiro atoms. The standard InChI is InChI=1S/C24H24F2N4O6/c25-24(26)35-19-3-1-16(13-20(19)36-24)2-4-21(31)29-7-9-30(10-8-29)22(32)17-14-27-23(28-15-17)34-18-5-11-33-12-6-18/h1-4,13-15,18H,5-12H2/b4-2+. The second kappa shape index (κ2) is 10.1. The fourth-order valence-corrected chi connectivity index (χ4v) is 4.09. The zero-order chi connectivity index (χ0) is 25.1. The minimum absolute atomic E-state index is 0.00904. The Hall–Kier alpha value is -3.80. The minimum Gasteiger partial charge on any atom is -0.460 e. The molecule has 190 valence electrons. The molecule has 3 aliphatic rings. The molecule has 10 nitrogen and oxygen atoms in total. The maximum atomic E-state index is 13.2. The van der Waals surface area contributed by atoms with Crippen molar-refractivity contribution >= 4 is 17.9 Å². The summed E-state index contributed by atoms with van der Waals surface area (Å²) in [6.45, 7) is 2.72. The van der Waals surface area contributed by atoms with Crippen molar-refractivity contribution in [2.75, 3.05) is 39.4 Å². The molecule has 0 saturated carbocycles. The van der Waals surface area contributed by atoms with Crippen LogP contribution in [0.4, 0.5) is 8.78 Å². The summed E-state index contributed by atoms with van der Waals surface area (Å²) in [7, 11) is 0. The number of ether oxygens (including phenoxy) is 4. The van der Waals surface area contributed by atoms with Gasteiger partial charge in [0.2, 0.25) is 5.91 Å². The van der Waals surface area contributed by atoms with E-state index in [0.29, 0.717) is 50.5 Å².